The summed E-state index contributed by atoms with van der Waals surface area (Å²) in [5, 5.41) is 21.6. The topological polar surface area (TPSA) is 80.9 Å². The Balaban J connectivity index is 2.13. The number of carboxylic acids is 1. The quantitative estimate of drug-likeness (QED) is 0.520. The molecule has 0 spiro atoms. The molecule has 1 atom stereocenters. The predicted molar refractivity (Wildman–Crippen MR) is 106 cm³/mol. The molecule has 0 saturated carbocycles. The molecule has 1 aromatic heterocycles. The largest absolute Gasteiger partial charge is 0.480 e. The van der Waals surface area contributed by atoms with Gasteiger partial charge in [-0.05, 0) is 23.6 Å². The van der Waals surface area contributed by atoms with Gasteiger partial charge in [-0.15, -0.1) is 10.2 Å². The Bertz CT molecular complexity index is 686. The molecule has 1 aromatic carbocycles. The van der Waals surface area contributed by atoms with Gasteiger partial charge in [0.25, 0.3) is 0 Å². The van der Waals surface area contributed by atoms with Crippen LogP contribution in [0.3, 0.4) is 0 Å². The number of hydrogen-bond donors (Lipinski definition) is 1. The molecule has 27 heavy (non-hydrogen) atoms. The van der Waals surface area contributed by atoms with Crippen LogP contribution in [0.25, 0.3) is 0 Å². The van der Waals surface area contributed by atoms with Crippen molar-refractivity contribution >= 4 is 5.97 Å². The van der Waals surface area contributed by atoms with E-state index < -0.39 is 5.97 Å². The number of aromatic nitrogens is 4. The van der Waals surface area contributed by atoms with Gasteiger partial charge in [-0.2, -0.15) is 4.80 Å². The van der Waals surface area contributed by atoms with Gasteiger partial charge in [-0.25, -0.2) is 0 Å². The molecule has 0 amide bonds. The van der Waals surface area contributed by atoms with E-state index in [0.717, 1.165) is 19.3 Å². The standard InChI is InChI=1S/C21H32N4O2/c1-3-5-6-7-8-9-13-16-21(4-2,18-14-11-10-12-15-18)20-22-24-25(23-20)17-19(26)27/h10-12,14-15H,3-9,13,16-17H2,1-2H3,(H,26,27). The van der Waals surface area contributed by atoms with Crippen LogP contribution in [0.4, 0.5) is 0 Å². The van der Waals surface area contributed by atoms with Crippen LogP contribution in [0.5, 0.6) is 0 Å². The fourth-order valence-corrected chi connectivity index (χ4v) is 3.69. The minimum absolute atomic E-state index is 0.265. The summed E-state index contributed by atoms with van der Waals surface area (Å²) < 4.78 is 0. The number of hydrogen-bond acceptors (Lipinski definition) is 4. The molecule has 0 fully saturated rings. The lowest BCUT2D eigenvalue weighted by atomic mass is 9.73. The van der Waals surface area contributed by atoms with Crippen molar-refractivity contribution in [2.24, 2.45) is 0 Å². The molecule has 148 valence electrons. The molecular formula is C21H32N4O2. The Morgan fingerprint density at radius 3 is 2.33 bits per heavy atom. The SMILES string of the molecule is CCCCCCCCCC(CC)(c1ccccc1)c1nnn(CC(=O)O)n1. The number of rotatable bonds is 13. The molecule has 0 bridgehead atoms. The Hall–Kier alpha value is -2.24. The number of nitrogens with zero attached hydrogens (tertiary/aromatic N) is 4. The highest BCUT2D eigenvalue weighted by atomic mass is 16.4. The minimum atomic E-state index is -0.965. The lowest BCUT2D eigenvalue weighted by Crippen LogP contribution is -2.29. The Labute approximate surface area is 162 Å². The molecule has 1 heterocycles. The summed E-state index contributed by atoms with van der Waals surface area (Å²) in [6, 6.07) is 10.3. The van der Waals surface area contributed by atoms with Gasteiger partial charge in [0.15, 0.2) is 12.4 Å². The Kier molecular flexibility index (Phi) is 8.43. The molecule has 2 rings (SSSR count). The van der Waals surface area contributed by atoms with Crippen LogP contribution in [0.2, 0.25) is 0 Å². The van der Waals surface area contributed by atoms with Crippen molar-refractivity contribution in [3.63, 3.8) is 0 Å². The summed E-state index contributed by atoms with van der Waals surface area (Å²) in [5.74, 6) is -0.337. The van der Waals surface area contributed by atoms with E-state index in [1.54, 1.807) is 0 Å². The molecule has 0 aliphatic rings. The first-order valence-corrected chi connectivity index (χ1v) is 10.2. The van der Waals surface area contributed by atoms with E-state index in [1.165, 1.54) is 48.9 Å². The van der Waals surface area contributed by atoms with Crippen LogP contribution in [-0.4, -0.2) is 31.3 Å². The van der Waals surface area contributed by atoms with Crippen molar-refractivity contribution in [1.82, 2.24) is 20.2 Å². The normalized spacial score (nSPS) is 13.4. The Morgan fingerprint density at radius 1 is 1.04 bits per heavy atom. The number of carbonyl (C=O) groups is 1. The second-order valence-corrected chi connectivity index (χ2v) is 7.21. The van der Waals surface area contributed by atoms with Crippen molar-refractivity contribution in [2.45, 2.75) is 83.6 Å². The summed E-state index contributed by atoms with van der Waals surface area (Å²) in [5.41, 5.74) is 0.856. The number of tetrazole rings is 1. The van der Waals surface area contributed by atoms with Gasteiger partial charge < -0.3 is 5.11 Å². The van der Waals surface area contributed by atoms with Crippen LogP contribution in [-0.2, 0) is 16.8 Å². The zero-order valence-corrected chi connectivity index (χ0v) is 16.6. The molecule has 1 N–H and O–H groups in total. The maximum atomic E-state index is 11.0. The van der Waals surface area contributed by atoms with E-state index >= 15 is 0 Å². The monoisotopic (exact) mass is 372 g/mol. The van der Waals surface area contributed by atoms with Gasteiger partial charge >= 0.3 is 5.97 Å². The minimum Gasteiger partial charge on any atom is -0.480 e. The lowest BCUT2D eigenvalue weighted by Gasteiger charge is -2.30. The van der Waals surface area contributed by atoms with Crippen LogP contribution in [0, 0.1) is 0 Å². The van der Waals surface area contributed by atoms with Crippen molar-refractivity contribution in [2.75, 3.05) is 0 Å². The smallest absolute Gasteiger partial charge is 0.327 e. The first-order valence-electron chi connectivity index (χ1n) is 10.2. The summed E-state index contributed by atoms with van der Waals surface area (Å²) in [6.07, 6.45) is 10.6. The van der Waals surface area contributed by atoms with Gasteiger partial charge in [-0.1, -0.05) is 89.1 Å². The molecule has 1 unspecified atom stereocenters. The molecule has 0 aliphatic heterocycles. The molecular weight excluding hydrogens is 340 g/mol. The maximum absolute atomic E-state index is 11.0. The second-order valence-electron chi connectivity index (χ2n) is 7.21. The molecule has 0 radical (unpaired) electrons. The fraction of sp³-hybridized carbons (Fsp3) is 0.619. The summed E-state index contributed by atoms with van der Waals surface area (Å²) in [6.45, 7) is 4.12. The zero-order chi connectivity index (χ0) is 19.5. The van der Waals surface area contributed by atoms with E-state index in [2.05, 4.69) is 41.4 Å². The maximum Gasteiger partial charge on any atom is 0.327 e. The van der Waals surface area contributed by atoms with Crippen LogP contribution >= 0.6 is 0 Å². The highest BCUT2D eigenvalue weighted by Crippen LogP contribution is 2.38. The average Bonchev–Trinajstić information content (AvgIpc) is 3.13. The first kappa shape index (κ1) is 21.1. The fourth-order valence-electron chi connectivity index (χ4n) is 3.69. The number of unbranched alkanes of at least 4 members (excludes halogenated alkanes) is 6. The summed E-state index contributed by atoms with van der Waals surface area (Å²) >= 11 is 0. The molecule has 2 aromatic rings. The highest BCUT2D eigenvalue weighted by molar-refractivity contribution is 5.66. The van der Waals surface area contributed by atoms with E-state index in [1.807, 2.05) is 18.2 Å². The number of carboxylic acid groups (broad SMARTS) is 1. The van der Waals surface area contributed by atoms with E-state index in [9.17, 15) is 4.79 Å². The van der Waals surface area contributed by atoms with Crippen molar-refractivity contribution < 1.29 is 9.90 Å². The average molecular weight is 373 g/mol. The molecule has 0 aliphatic carbocycles. The molecule has 0 saturated heterocycles. The number of benzene rings is 1. The van der Waals surface area contributed by atoms with E-state index in [-0.39, 0.29) is 12.0 Å². The lowest BCUT2D eigenvalue weighted by molar-refractivity contribution is -0.138. The van der Waals surface area contributed by atoms with Gasteiger partial charge in [0.05, 0.1) is 5.41 Å². The third-order valence-corrected chi connectivity index (χ3v) is 5.29. The third kappa shape index (κ3) is 5.88. The van der Waals surface area contributed by atoms with Crippen LogP contribution < -0.4 is 0 Å². The van der Waals surface area contributed by atoms with Crippen molar-refractivity contribution in [3.05, 3.63) is 41.7 Å². The van der Waals surface area contributed by atoms with E-state index in [0.29, 0.717) is 5.82 Å². The summed E-state index contributed by atoms with van der Waals surface area (Å²) in [7, 11) is 0. The first-order chi connectivity index (χ1) is 13.1. The Morgan fingerprint density at radius 2 is 1.70 bits per heavy atom. The van der Waals surface area contributed by atoms with Crippen molar-refractivity contribution in [3.8, 4) is 0 Å². The summed E-state index contributed by atoms with van der Waals surface area (Å²) in [4.78, 5) is 12.1. The highest BCUT2D eigenvalue weighted by Gasteiger charge is 2.36. The second kappa shape index (κ2) is 10.8. The van der Waals surface area contributed by atoms with Crippen molar-refractivity contribution in [1.29, 1.82) is 0 Å². The zero-order valence-electron chi connectivity index (χ0n) is 16.6. The van der Waals surface area contributed by atoms with Gasteiger partial charge in [-0.3, -0.25) is 4.79 Å². The third-order valence-electron chi connectivity index (χ3n) is 5.29. The predicted octanol–water partition coefficient (Wildman–Crippen LogP) is 4.59. The number of aliphatic carboxylic acids is 1. The van der Waals surface area contributed by atoms with Crippen LogP contribution in [0.15, 0.2) is 30.3 Å². The van der Waals surface area contributed by atoms with E-state index in [4.69, 9.17) is 5.11 Å². The molecule has 6 nitrogen and oxygen atoms in total. The van der Waals surface area contributed by atoms with Gasteiger partial charge in [0.1, 0.15) is 0 Å². The van der Waals surface area contributed by atoms with Gasteiger partial charge in [0.2, 0.25) is 0 Å². The van der Waals surface area contributed by atoms with Crippen LogP contribution in [0.1, 0.15) is 83.0 Å². The molecule has 6 heteroatoms. The van der Waals surface area contributed by atoms with Gasteiger partial charge in [0, 0.05) is 0 Å².